The molecule has 0 bridgehead atoms. The fourth-order valence-corrected chi connectivity index (χ4v) is 3.65. The molecule has 0 aliphatic carbocycles. The number of pyridine rings is 4. The van der Waals surface area contributed by atoms with Crippen LogP contribution in [0.3, 0.4) is 0 Å². The number of hydrogen-bond acceptors (Lipinski definition) is 4. The minimum atomic E-state index is 0. The average molecular weight is 688 g/mol. The van der Waals surface area contributed by atoms with E-state index in [0.29, 0.717) is 22.6 Å². The summed E-state index contributed by atoms with van der Waals surface area (Å²) in [5, 5.41) is 0. The summed E-state index contributed by atoms with van der Waals surface area (Å²) in [6.45, 7) is 0. The van der Waals surface area contributed by atoms with Crippen LogP contribution < -0.4 is 20.9 Å². The smallest absolute Gasteiger partial charge is 0.443 e. The maximum atomic E-state index is 4.41. The van der Waals surface area contributed by atoms with Crippen molar-refractivity contribution in [1.82, 2.24) is 19.9 Å². The summed E-state index contributed by atoms with van der Waals surface area (Å²) >= 11 is 0. The molecule has 39 heavy (non-hydrogen) atoms. The summed E-state index contributed by atoms with van der Waals surface area (Å²) in [6, 6.07) is 39.5. The van der Waals surface area contributed by atoms with Gasteiger partial charge in [-0.25, -0.2) is 0 Å². The molecule has 4 heterocycles. The van der Waals surface area contributed by atoms with E-state index in [2.05, 4.69) is 54.2 Å². The Hall–Kier alpha value is -4.67. The number of hydrogen-bond donors (Lipinski definition) is 0. The van der Waals surface area contributed by atoms with Gasteiger partial charge in [0.15, 0.2) is 0 Å². The van der Waals surface area contributed by atoms with Crippen molar-refractivity contribution in [2.45, 2.75) is 0 Å². The van der Waals surface area contributed by atoms with E-state index in [9.17, 15) is 0 Å². The summed E-state index contributed by atoms with van der Waals surface area (Å²) in [4.78, 5) is 25.7. The molecular weight excluding hydrogens is 663 g/mol. The van der Waals surface area contributed by atoms with Crippen molar-refractivity contribution in [3.8, 4) is 22.3 Å². The Bertz CT molecular complexity index is 1570. The fraction of sp³-hybridized carbons (Fsp3) is 0. The Morgan fingerprint density at radius 1 is 0.436 bits per heavy atom. The summed E-state index contributed by atoms with van der Waals surface area (Å²) < 4.78 is 0. The third kappa shape index (κ3) is 8.16. The Morgan fingerprint density at radius 2 is 0.846 bits per heavy atom. The van der Waals surface area contributed by atoms with Gasteiger partial charge >= 0.3 is 21.1 Å². The number of rotatable bonds is 4. The monoisotopic (exact) mass is 687 g/mol. The zero-order valence-electron chi connectivity index (χ0n) is 20.9. The maximum absolute atomic E-state index is 4.41. The van der Waals surface area contributed by atoms with Crippen LogP contribution in [0.2, 0.25) is 0 Å². The topological polar surface area (TPSA) is 78.7 Å². The molecule has 2 aromatic carbocycles. The Kier molecular flexibility index (Phi) is 10.0. The molecule has 0 aliphatic rings. The molecule has 0 spiro atoms. The van der Waals surface area contributed by atoms with Gasteiger partial charge in [0.25, 0.3) is 0 Å². The first-order chi connectivity index (χ1) is 18.8. The van der Waals surface area contributed by atoms with E-state index < -0.39 is 0 Å². The molecule has 0 saturated carbocycles. The van der Waals surface area contributed by atoms with Crippen LogP contribution in [0.15, 0.2) is 156 Å². The molecule has 7 heteroatoms. The van der Waals surface area contributed by atoms with Crippen molar-refractivity contribution in [3.63, 3.8) is 0 Å². The van der Waals surface area contributed by atoms with E-state index in [4.69, 9.17) is 0 Å². The summed E-state index contributed by atoms with van der Waals surface area (Å²) in [5.74, 6) is 1.33. The van der Waals surface area contributed by atoms with Crippen molar-refractivity contribution >= 4 is 11.6 Å². The van der Waals surface area contributed by atoms with Gasteiger partial charge in [-0.3, -0.25) is 9.97 Å². The first-order valence-electron chi connectivity index (χ1n) is 12.1. The van der Waals surface area contributed by atoms with Gasteiger partial charge in [0.05, 0.1) is 11.6 Å². The predicted molar refractivity (Wildman–Crippen MR) is 149 cm³/mol. The largest absolute Gasteiger partial charge is 2.00 e. The molecule has 0 atom stereocenters. The second-order valence-corrected chi connectivity index (χ2v) is 8.14. The SMILES string of the molecule is [Pt+2].c1ccc(-c2cc[n-]c(=Nc3ccccn3)c2)cc1.c1ccc(-c2cc[n-]c(=Nc3ccccn3)c2)cc1. The predicted octanol–water partition coefficient (Wildman–Crippen LogP) is 5.87. The average Bonchev–Trinajstić information content (AvgIpc) is 3.00. The van der Waals surface area contributed by atoms with Gasteiger partial charge in [0.2, 0.25) is 0 Å². The van der Waals surface area contributed by atoms with Gasteiger partial charge in [0.1, 0.15) is 0 Å². The van der Waals surface area contributed by atoms with E-state index in [-0.39, 0.29) is 21.1 Å². The summed E-state index contributed by atoms with van der Waals surface area (Å²) in [7, 11) is 0. The molecule has 0 fully saturated rings. The van der Waals surface area contributed by atoms with Crippen LogP contribution in [-0.2, 0) is 21.1 Å². The van der Waals surface area contributed by atoms with Crippen LogP contribution in [0, 0.1) is 0 Å². The van der Waals surface area contributed by atoms with Crippen molar-refractivity contribution < 1.29 is 21.1 Å². The fourth-order valence-electron chi connectivity index (χ4n) is 3.65. The molecule has 6 rings (SSSR count). The van der Waals surface area contributed by atoms with Gasteiger partial charge in [-0.2, -0.15) is 0 Å². The van der Waals surface area contributed by atoms with Gasteiger partial charge in [-0.05, 0) is 46.5 Å². The van der Waals surface area contributed by atoms with E-state index in [1.807, 2.05) is 97.1 Å². The first-order valence-corrected chi connectivity index (χ1v) is 12.1. The molecule has 0 aliphatic heterocycles. The van der Waals surface area contributed by atoms with E-state index in [1.54, 1.807) is 24.8 Å². The number of nitrogens with zero attached hydrogens (tertiary/aromatic N) is 6. The van der Waals surface area contributed by atoms with Crippen molar-refractivity contribution in [3.05, 3.63) is 157 Å². The quantitative estimate of drug-likeness (QED) is 0.232. The Morgan fingerprint density at radius 3 is 1.23 bits per heavy atom. The van der Waals surface area contributed by atoms with Crippen molar-refractivity contribution in [1.29, 1.82) is 0 Å². The molecule has 0 amide bonds. The zero-order chi connectivity index (χ0) is 25.8. The zero-order valence-corrected chi connectivity index (χ0v) is 23.1. The van der Waals surface area contributed by atoms with Crippen LogP contribution in [-0.4, -0.2) is 9.97 Å². The molecule has 0 radical (unpaired) electrons. The van der Waals surface area contributed by atoms with Crippen LogP contribution in [0.25, 0.3) is 22.3 Å². The van der Waals surface area contributed by atoms with Crippen LogP contribution in [0.5, 0.6) is 0 Å². The van der Waals surface area contributed by atoms with Gasteiger partial charge in [-0.1, -0.05) is 120 Å². The van der Waals surface area contributed by atoms with Gasteiger partial charge in [0, 0.05) is 12.4 Å². The molecule has 0 N–H and O–H groups in total. The molecule has 0 saturated heterocycles. The van der Waals surface area contributed by atoms with Crippen LogP contribution in [0.1, 0.15) is 0 Å². The molecule has 6 nitrogen and oxygen atoms in total. The molecule has 192 valence electrons. The van der Waals surface area contributed by atoms with Crippen molar-refractivity contribution in [2.75, 3.05) is 0 Å². The van der Waals surface area contributed by atoms with Gasteiger partial charge < -0.3 is 20.0 Å². The van der Waals surface area contributed by atoms with E-state index in [0.717, 1.165) is 22.3 Å². The second-order valence-electron chi connectivity index (χ2n) is 8.14. The molecular formula is C32H24N6Pt. The molecule has 0 unspecified atom stereocenters. The maximum Gasteiger partial charge on any atom is 2.00 e. The molecule has 4 aromatic heterocycles. The third-order valence-corrected chi connectivity index (χ3v) is 5.46. The Balaban J connectivity index is 0.000000176. The minimum Gasteiger partial charge on any atom is -0.443 e. The molecule has 6 aromatic rings. The summed E-state index contributed by atoms with van der Waals surface area (Å²) in [5.41, 5.74) is 5.85. The second kappa shape index (κ2) is 14.3. The van der Waals surface area contributed by atoms with E-state index in [1.165, 1.54) is 0 Å². The van der Waals surface area contributed by atoms with Crippen LogP contribution in [0.4, 0.5) is 11.6 Å². The summed E-state index contributed by atoms with van der Waals surface area (Å²) in [6.07, 6.45) is 6.98. The van der Waals surface area contributed by atoms with Crippen LogP contribution >= 0.6 is 0 Å². The van der Waals surface area contributed by atoms with Gasteiger partial charge in [-0.15, -0.1) is 0 Å². The Labute approximate surface area is 241 Å². The number of aromatic nitrogens is 4. The minimum absolute atomic E-state index is 0. The standard InChI is InChI=1S/2C16H12N3.Pt/c2*1-2-6-13(7-3-1)14-9-11-18-16(12-14)19-15-8-4-5-10-17-15;/h2*1-12H;/q2*-1;+2. The van der Waals surface area contributed by atoms with Crippen molar-refractivity contribution in [2.24, 2.45) is 9.98 Å². The first kappa shape index (κ1) is 27.4. The number of benzene rings is 2. The third-order valence-electron chi connectivity index (χ3n) is 5.46. The van der Waals surface area contributed by atoms with E-state index >= 15 is 0 Å². The normalized spacial score (nSPS) is 11.2.